The smallest absolute Gasteiger partial charge is 0.122 e. The quantitative estimate of drug-likeness (QED) is 0.842. The van der Waals surface area contributed by atoms with Crippen LogP contribution in [-0.4, -0.2) is 25.4 Å². The van der Waals surface area contributed by atoms with Crippen molar-refractivity contribution in [2.45, 2.75) is 32.1 Å². The third-order valence-electron chi connectivity index (χ3n) is 3.01. The van der Waals surface area contributed by atoms with Gasteiger partial charge in [0.2, 0.25) is 0 Å². The zero-order valence-corrected chi connectivity index (χ0v) is 11.2. The zero-order chi connectivity index (χ0) is 13.1. The van der Waals surface area contributed by atoms with Gasteiger partial charge < -0.3 is 15.6 Å². The SMILES string of the molecule is COc1ccc(C(CN)CO)cc1C(C)(C)C. The molecule has 0 aliphatic heterocycles. The van der Waals surface area contributed by atoms with Crippen molar-refractivity contribution < 1.29 is 9.84 Å². The van der Waals surface area contributed by atoms with Crippen LogP contribution in [0.4, 0.5) is 0 Å². The number of benzene rings is 1. The van der Waals surface area contributed by atoms with E-state index in [4.69, 9.17) is 10.5 Å². The molecule has 96 valence electrons. The fourth-order valence-electron chi connectivity index (χ4n) is 1.88. The largest absolute Gasteiger partial charge is 0.496 e. The molecule has 0 bridgehead atoms. The molecule has 0 spiro atoms. The van der Waals surface area contributed by atoms with Gasteiger partial charge in [0.1, 0.15) is 5.75 Å². The number of ether oxygens (including phenoxy) is 1. The number of hydrogen-bond donors (Lipinski definition) is 2. The van der Waals surface area contributed by atoms with Crippen molar-refractivity contribution in [1.82, 2.24) is 0 Å². The van der Waals surface area contributed by atoms with Crippen LogP contribution in [0.15, 0.2) is 18.2 Å². The van der Waals surface area contributed by atoms with E-state index in [1.807, 2.05) is 12.1 Å². The molecule has 0 aromatic heterocycles. The van der Waals surface area contributed by atoms with E-state index in [1.54, 1.807) is 7.11 Å². The van der Waals surface area contributed by atoms with E-state index >= 15 is 0 Å². The highest BCUT2D eigenvalue weighted by atomic mass is 16.5. The van der Waals surface area contributed by atoms with Crippen molar-refractivity contribution in [3.8, 4) is 5.75 Å². The highest BCUT2D eigenvalue weighted by molar-refractivity contribution is 5.42. The van der Waals surface area contributed by atoms with Crippen LogP contribution in [0.2, 0.25) is 0 Å². The van der Waals surface area contributed by atoms with E-state index in [0.29, 0.717) is 6.54 Å². The summed E-state index contributed by atoms with van der Waals surface area (Å²) in [5.74, 6) is 0.886. The lowest BCUT2D eigenvalue weighted by atomic mass is 9.84. The van der Waals surface area contributed by atoms with Crippen LogP contribution in [0.1, 0.15) is 37.8 Å². The Morgan fingerprint density at radius 2 is 2.00 bits per heavy atom. The Labute approximate surface area is 104 Å². The Hall–Kier alpha value is -1.06. The van der Waals surface area contributed by atoms with Crippen LogP contribution < -0.4 is 10.5 Å². The molecule has 0 amide bonds. The number of nitrogens with two attached hydrogens (primary N) is 1. The molecule has 3 nitrogen and oxygen atoms in total. The highest BCUT2D eigenvalue weighted by Crippen LogP contribution is 2.33. The predicted octanol–water partition coefficient (Wildman–Crippen LogP) is 2.03. The summed E-state index contributed by atoms with van der Waals surface area (Å²) in [6, 6.07) is 6.02. The second-order valence-corrected chi connectivity index (χ2v) is 5.32. The number of aliphatic hydroxyl groups is 1. The van der Waals surface area contributed by atoms with Gasteiger partial charge in [-0.15, -0.1) is 0 Å². The van der Waals surface area contributed by atoms with E-state index in [9.17, 15) is 5.11 Å². The van der Waals surface area contributed by atoms with Crippen molar-refractivity contribution in [2.75, 3.05) is 20.3 Å². The van der Waals surface area contributed by atoms with Crippen molar-refractivity contribution in [3.05, 3.63) is 29.3 Å². The van der Waals surface area contributed by atoms with Gasteiger partial charge in [-0.05, 0) is 22.6 Å². The third kappa shape index (κ3) is 3.20. The Kier molecular flexibility index (Phi) is 4.54. The monoisotopic (exact) mass is 237 g/mol. The summed E-state index contributed by atoms with van der Waals surface area (Å²) in [6.45, 7) is 6.96. The zero-order valence-electron chi connectivity index (χ0n) is 11.2. The van der Waals surface area contributed by atoms with Crippen molar-refractivity contribution in [1.29, 1.82) is 0 Å². The van der Waals surface area contributed by atoms with Gasteiger partial charge in [-0.1, -0.05) is 32.9 Å². The van der Waals surface area contributed by atoms with Crippen molar-refractivity contribution in [2.24, 2.45) is 5.73 Å². The topological polar surface area (TPSA) is 55.5 Å². The number of aliphatic hydroxyl groups excluding tert-OH is 1. The average Bonchev–Trinajstić information content (AvgIpc) is 2.29. The highest BCUT2D eigenvalue weighted by Gasteiger charge is 2.20. The normalized spacial score (nSPS) is 13.5. The lowest BCUT2D eigenvalue weighted by molar-refractivity contribution is 0.267. The molecular weight excluding hydrogens is 214 g/mol. The second kappa shape index (κ2) is 5.52. The lowest BCUT2D eigenvalue weighted by Gasteiger charge is -2.24. The number of hydrogen-bond acceptors (Lipinski definition) is 3. The Morgan fingerprint density at radius 3 is 2.41 bits per heavy atom. The molecule has 0 fully saturated rings. The van der Waals surface area contributed by atoms with Crippen molar-refractivity contribution in [3.63, 3.8) is 0 Å². The number of rotatable bonds is 4. The summed E-state index contributed by atoms with van der Waals surface area (Å²) >= 11 is 0. The van der Waals surface area contributed by atoms with E-state index in [0.717, 1.165) is 16.9 Å². The first-order valence-electron chi connectivity index (χ1n) is 5.93. The molecule has 1 atom stereocenters. The molecule has 0 saturated heterocycles. The van der Waals surface area contributed by atoms with Gasteiger partial charge in [-0.3, -0.25) is 0 Å². The Balaban J connectivity index is 3.22. The summed E-state index contributed by atoms with van der Waals surface area (Å²) in [7, 11) is 1.68. The van der Waals surface area contributed by atoms with Crippen LogP contribution in [0.25, 0.3) is 0 Å². The van der Waals surface area contributed by atoms with E-state index < -0.39 is 0 Å². The van der Waals surface area contributed by atoms with Crippen LogP contribution in [0.5, 0.6) is 5.75 Å². The molecule has 1 aromatic carbocycles. The van der Waals surface area contributed by atoms with Crippen LogP contribution >= 0.6 is 0 Å². The maximum Gasteiger partial charge on any atom is 0.122 e. The van der Waals surface area contributed by atoms with Gasteiger partial charge in [-0.25, -0.2) is 0 Å². The Bertz CT molecular complexity index is 365. The minimum absolute atomic E-state index is 0.00186. The molecule has 0 aliphatic carbocycles. The molecule has 3 heteroatoms. The summed E-state index contributed by atoms with van der Waals surface area (Å²) in [6.07, 6.45) is 0. The second-order valence-electron chi connectivity index (χ2n) is 5.32. The molecule has 0 aliphatic rings. The first-order chi connectivity index (χ1) is 7.93. The van der Waals surface area contributed by atoms with Gasteiger partial charge in [0.05, 0.1) is 13.7 Å². The maximum absolute atomic E-state index is 9.29. The van der Waals surface area contributed by atoms with Gasteiger partial charge >= 0.3 is 0 Å². The average molecular weight is 237 g/mol. The maximum atomic E-state index is 9.29. The van der Waals surface area contributed by atoms with Gasteiger partial charge in [-0.2, -0.15) is 0 Å². The minimum Gasteiger partial charge on any atom is -0.496 e. The summed E-state index contributed by atoms with van der Waals surface area (Å²) in [5.41, 5.74) is 7.88. The fourth-order valence-corrected chi connectivity index (χ4v) is 1.88. The molecule has 3 N–H and O–H groups in total. The third-order valence-corrected chi connectivity index (χ3v) is 3.01. The van der Waals surface area contributed by atoms with E-state index in [2.05, 4.69) is 26.8 Å². The molecule has 1 rings (SSSR count). The first kappa shape index (κ1) is 14.0. The van der Waals surface area contributed by atoms with Gasteiger partial charge in [0.25, 0.3) is 0 Å². The summed E-state index contributed by atoms with van der Waals surface area (Å²) < 4.78 is 5.38. The molecule has 0 heterocycles. The molecule has 1 aromatic rings. The summed E-state index contributed by atoms with van der Waals surface area (Å²) in [4.78, 5) is 0. The molecular formula is C14H23NO2. The van der Waals surface area contributed by atoms with Gasteiger partial charge in [0.15, 0.2) is 0 Å². The van der Waals surface area contributed by atoms with E-state index in [1.165, 1.54) is 0 Å². The molecule has 17 heavy (non-hydrogen) atoms. The van der Waals surface area contributed by atoms with E-state index in [-0.39, 0.29) is 17.9 Å². The first-order valence-corrected chi connectivity index (χ1v) is 5.93. The van der Waals surface area contributed by atoms with Crippen molar-refractivity contribution >= 4 is 0 Å². The fraction of sp³-hybridized carbons (Fsp3) is 0.571. The molecule has 0 saturated carbocycles. The standard InChI is InChI=1S/C14H23NO2/c1-14(2,3)12-7-10(11(8-15)9-16)5-6-13(12)17-4/h5-7,11,16H,8-9,15H2,1-4H3. The minimum atomic E-state index is 0.00186. The van der Waals surface area contributed by atoms with Crippen LogP contribution in [0.3, 0.4) is 0 Å². The van der Waals surface area contributed by atoms with Crippen LogP contribution in [-0.2, 0) is 5.41 Å². The molecule has 0 radical (unpaired) electrons. The summed E-state index contributed by atoms with van der Waals surface area (Å²) in [5, 5.41) is 9.29. The van der Waals surface area contributed by atoms with Crippen LogP contribution in [0, 0.1) is 0 Å². The van der Waals surface area contributed by atoms with Gasteiger partial charge in [0, 0.05) is 12.5 Å². The molecule has 1 unspecified atom stereocenters. The number of methoxy groups -OCH3 is 1. The Morgan fingerprint density at radius 1 is 1.35 bits per heavy atom. The lowest BCUT2D eigenvalue weighted by Crippen LogP contribution is -2.18. The predicted molar refractivity (Wildman–Crippen MR) is 70.6 cm³/mol.